The number of hydrogen-bond acceptors (Lipinski definition) is 2. The van der Waals surface area contributed by atoms with E-state index in [9.17, 15) is 5.11 Å². The minimum absolute atomic E-state index is 0.155. The summed E-state index contributed by atoms with van der Waals surface area (Å²) in [5.74, 6) is 2.87. The van der Waals surface area contributed by atoms with Gasteiger partial charge < -0.3 is 15.3 Å². The van der Waals surface area contributed by atoms with Crippen molar-refractivity contribution in [2.45, 2.75) is 65.7 Å². The van der Waals surface area contributed by atoms with E-state index in [1.807, 2.05) is 0 Å². The van der Waals surface area contributed by atoms with Crippen molar-refractivity contribution in [3.8, 4) is 0 Å². The van der Waals surface area contributed by atoms with Crippen LogP contribution in [0.25, 0.3) is 0 Å². The molecule has 1 saturated heterocycles. The second-order valence-corrected chi connectivity index (χ2v) is 7.56. The lowest BCUT2D eigenvalue weighted by atomic mass is 9.79. The molecule has 4 heteroatoms. The number of nitrogens with one attached hydrogen (secondary N) is 1. The maximum atomic E-state index is 9.41. The van der Waals surface area contributed by atoms with Crippen molar-refractivity contribution in [1.29, 1.82) is 0 Å². The standard InChI is InChI=1S/C19H37N3O/c1-4-19(5-2,11-12-23)15-21-18(20-6-3)22-13-16-9-7-8-10-17(16)14-22/h16-17,23H,4-15H2,1-3H3,(H,20,21). The van der Waals surface area contributed by atoms with Crippen LogP contribution in [-0.4, -0.2) is 48.8 Å². The number of fused-ring (bicyclic) bond motifs is 1. The highest BCUT2D eigenvalue weighted by Gasteiger charge is 2.36. The summed E-state index contributed by atoms with van der Waals surface area (Å²) >= 11 is 0. The number of guanidine groups is 1. The van der Waals surface area contributed by atoms with Crippen molar-refractivity contribution < 1.29 is 5.11 Å². The van der Waals surface area contributed by atoms with E-state index in [2.05, 4.69) is 31.0 Å². The van der Waals surface area contributed by atoms with Gasteiger partial charge in [-0.1, -0.05) is 26.7 Å². The topological polar surface area (TPSA) is 47.9 Å². The maximum Gasteiger partial charge on any atom is 0.193 e. The largest absolute Gasteiger partial charge is 0.396 e. The molecule has 0 aromatic rings. The van der Waals surface area contributed by atoms with Crippen LogP contribution in [0.15, 0.2) is 4.99 Å². The molecule has 2 N–H and O–H groups in total. The number of aliphatic imine (C=N–C) groups is 1. The van der Waals surface area contributed by atoms with Gasteiger partial charge in [0, 0.05) is 32.8 Å². The molecule has 0 aromatic heterocycles. The lowest BCUT2D eigenvalue weighted by Crippen LogP contribution is -2.41. The molecule has 0 spiro atoms. The van der Waals surface area contributed by atoms with Crippen molar-refractivity contribution in [3.63, 3.8) is 0 Å². The Morgan fingerprint density at radius 1 is 1.13 bits per heavy atom. The number of likely N-dealkylation sites (tertiary alicyclic amines) is 1. The lowest BCUT2D eigenvalue weighted by Gasteiger charge is -2.30. The van der Waals surface area contributed by atoms with Gasteiger partial charge in [0.1, 0.15) is 0 Å². The molecule has 1 heterocycles. The molecular weight excluding hydrogens is 286 g/mol. The van der Waals surface area contributed by atoms with Gasteiger partial charge in [-0.25, -0.2) is 0 Å². The van der Waals surface area contributed by atoms with Gasteiger partial charge in [0.25, 0.3) is 0 Å². The van der Waals surface area contributed by atoms with Gasteiger partial charge in [-0.15, -0.1) is 0 Å². The van der Waals surface area contributed by atoms with Crippen molar-refractivity contribution in [1.82, 2.24) is 10.2 Å². The smallest absolute Gasteiger partial charge is 0.193 e. The van der Waals surface area contributed by atoms with E-state index < -0.39 is 0 Å². The molecule has 2 rings (SSSR count). The molecule has 0 bridgehead atoms. The Labute approximate surface area is 142 Å². The van der Waals surface area contributed by atoms with E-state index in [4.69, 9.17) is 4.99 Å². The molecule has 2 aliphatic rings. The third-order valence-corrected chi connectivity index (χ3v) is 6.32. The van der Waals surface area contributed by atoms with Gasteiger partial charge >= 0.3 is 0 Å². The summed E-state index contributed by atoms with van der Waals surface area (Å²) in [5, 5.41) is 12.9. The zero-order chi connectivity index (χ0) is 16.7. The third-order valence-electron chi connectivity index (χ3n) is 6.32. The monoisotopic (exact) mass is 323 g/mol. The fourth-order valence-electron chi connectivity index (χ4n) is 4.39. The minimum atomic E-state index is 0.155. The van der Waals surface area contributed by atoms with Crippen LogP contribution in [0.5, 0.6) is 0 Å². The predicted octanol–water partition coefficient (Wildman–Crippen LogP) is 3.26. The second kappa shape index (κ2) is 8.91. The zero-order valence-corrected chi connectivity index (χ0v) is 15.5. The summed E-state index contributed by atoms with van der Waals surface area (Å²) in [7, 11) is 0. The molecule has 2 unspecified atom stereocenters. The maximum absolute atomic E-state index is 9.41. The number of rotatable bonds is 7. The van der Waals surface area contributed by atoms with E-state index >= 15 is 0 Å². The second-order valence-electron chi connectivity index (χ2n) is 7.56. The third kappa shape index (κ3) is 4.62. The van der Waals surface area contributed by atoms with Crippen molar-refractivity contribution in [3.05, 3.63) is 0 Å². The van der Waals surface area contributed by atoms with Gasteiger partial charge in [-0.3, -0.25) is 4.99 Å². The van der Waals surface area contributed by atoms with E-state index in [-0.39, 0.29) is 12.0 Å². The molecule has 1 aliphatic carbocycles. The van der Waals surface area contributed by atoms with Crippen molar-refractivity contribution in [2.75, 3.05) is 32.8 Å². The number of hydrogen-bond donors (Lipinski definition) is 2. The van der Waals surface area contributed by atoms with Crippen LogP contribution in [0.4, 0.5) is 0 Å². The highest BCUT2D eigenvalue weighted by Crippen LogP contribution is 2.36. The van der Waals surface area contributed by atoms with E-state index in [0.29, 0.717) is 0 Å². The summed E-state index contributed by atoms with van der Waals surface area (Å²) in [6.07, 6.45) is 8.64. The summed E-state index contributed by atoms with van der Waals surface area (Å²) in [5.41, 5.74) is 0.155. The Kier molecular flexibility index (Phi) is 7.19. The molecule has 1 saturated carbocycles. The fourth-order valence-corrected chi connectivity index (χ4v) is 4.39. The van der Waals surface area contributed by atoms with Crippen LogP contribution < -0.4 is 5.32 Å². The van der Waals surface area contributed by atoms with Gasteiger partial charge in [0.05, 0.1) is 0 Å². The Balaban J connectivity index is 2.04. The first-order valence-electron chi connectivity index (χ1n) is 9.82. The van der Waals surface area contributed by atoms with Crippen LogP contribution in [0, 0.1) is 17.3 Å². The van der Waals surface area contributed by atoms with Crippen molar-refractivity contribution >= 4 is 5.96 Å². The predicted molar refractivity (Wildman–Crippen MR) is 97.7 cm³/mol. The fraction of sp³-hybridized carbons (Fsp3) is 0.947. The van der Waals surface area contributed by atoms with Crippen LogP contribution in [0.2, 0.25) is 0 Å². The van der Waals surface area contributed by atoms with Crippen molar-refractivity contribution in [2.24, 2.45) is 22.2 Å². The van der Waals surface area contributed by atoms with Gasteiger partial charge in [0.2, 0.25) is 0 Å². The summed E-state index contributed by atoms with van der Waals surface area (Å²) < 4.78 is 0. The molecule has 23 heavy (non-hydrogen) atoms. The Hall–Kier alpha value is -0.770. The van der Waals surface area contributed by atoms with Crippen LogP contribution in [-0.2, 0) is 0 Å². The summed E-state index contributed by atoms with van der Waals surface area (Å²) in [6.45, 7) is 11.0. The SMILES string of the molecule is CCNC(=NCC(CC)(CC)CCO)N1CC2CCCCC2C1. The molecule has 4 nitrogen and oxygen atoms in total. The Morgan fingerprint density at radius 2 is 1.74 bits per heavy atom. The lowest BCUT2D eigenvalue weighted by molar-refractivity contribution is 0.175. The van der Waals surface area contributed by atoms with Crippen LogP contribution in [0.3, 0.4) is 0 Å². The van der Waals surface area contributed by atoms with E-state index in [1.54, 1.807) is 0 Å². The van der Waals surface area contributed by atoms with Crippen LogP contribution >= 0.6 is 0 Å². The Morgan fingerprint density at radius 3 is 2.22 bits per heavy atom. The number of nitrogens with zero attached hydrogens (tertiary/aromatic N) is 2. The quantitative estimate of drug-likeness (QED) is 0.558. The van der Waals surface area contributed by atoms with Gasteiger partial charge in [0.15, 0.2) is 5.96 Å². The average molecular weight is 324 g/mol. The molecule has 2 fully saturated rings. The first-order valence-corrected chi connectivity index (χ1v) is 9.82. The molecule has 0 radical (unpaired) electrons. The first kappa shape index (κ1) is 18.6. The number of aliphatic hydroxyl groups is 1. The molecule has 1 aliphatic heterocycles. The summed E-state index contributed by atoms with van der Waals surface area (Å²) in [4.78, 5) is 7.51. The van der Waals surface area contributed by atoms with Gasteiger partial charge in [-0.05, 0) is 56.3 Å². The van der Waals surface area contributed by atoms with E-state index in [1.165, 1.54) is 38.8 Å². The van der Waals surface area contributed by atoms with Gasteiger partial charge in [-0.2, -0.15) is 0 Å². The molecule has 2 atom stereocenters. The first-order chi connectivity index (χ1) is 11.2. The van der Waals surface area contributed by atoms with E-state index in [0.717, 1.165) is 50.1 Å². The summed E-state index contributed by atoms with van der Waals surface area (Å²) in [6, 6.07) is 0. The molecule has 0 aromatic carbocycles. The normalized spacial score (nSPS) is 25.6. The highest BCUT2D eigenvalue weighted by molar-refractivity contribution is 5.80. The van der Waals surface area contributed by atoms with Crippen LogP contribution in [0.1, 0.15) is 65.7 Å². The average Bonchev–Trinajstić information content (AvgIpc) is 3.01. The highest BCUT2D eigenvalue weighted by atomic mass is 16.3. The zero-order valence-electron chi connectivity index (χ0n) is 15.5. The Bertz CT molecular complexity index is 365. The molecule has 0 amide bonds. The number of aliphatic hydroxyl groups excluding tert-OH is 1. The molecule has 134 valence electrons. The molecular formula is C19H37N3O. The minimum Gasteiger partial charge on any atom is -0.396 e.